The van der Waals surface area contributed by atoms with Crippen LogP contribution >= 0.6 is 46.7 Å². The van der Waals surface area contributed by atoms with E-state index in [2.05, 4.69) is 14.1 Å². The van der Waals surface area contributed by atoms with Crippen molar-refractivity contribution < 1.29 is 0 Å². The second-order valence-corrected chi connectivity index (χ2v) is 7.75. The number of nitrogens with one attached hydrogen (secondary N) is 1. The summed E-state index contributed by atoms with van der Waals surface area (Å²) in [6, 6.07) is 1.71. The first-order chi connectivity index (χ1) is 10.2. The van der Waals surface area contributed by atoms with Gasteiger partial charge in [0.15, 0.2) is 5.17 Å². The minimum atomic E-state index is 0.144. The predicted octanol–water partition coefficient (Wildman–Crippen LogP) is 4.83. The lowest BCUT2D eigenvalue weighted by atomic mass is 10.0. The van der Waals surface area contributed by atoms with E-state index in [-0.39, 0.29) is 5.54 Å². The van der Waals surface area contributed by atoms with Gasteiger partial charge >= 0.3 is 0 Å². The van der Waals surface area contributed by atoms with Crippen molar-refractivity contribution in [1.82, 2.24) is 8.75 Å². The predicted molar refractivity (Wildman–Crippen MR) is 92.1 cm³/mol. The molecule has 1 aliphatic heterocycles. The van der Waals surface area contributed by atoms with Crippen LogP contribution in [-0.2, 0) is 0 Å². The number of thioether (sulfide) groups is 1. The lowest BCUT2D eigenvalue weighted by Crippen LogP contribution is -2.21. The Morgan fingerprint density at radius 1 is 1.10 bits per heavy atom. The Kier molecular flexibility index (Phi) is 3.52. The molecule has 4 nitrogen and oxygen atoms in total. The van der Waals surface area contributed by atoms with E-state index in [1.165, 1.54) is 25.7 Å². The Balaban J connectivity index is 1.70. The lowest BCUT2D eigenvalue weighted by molar-refractivity contribution is 0.508. The Morgan fingerprint density at radius 3 is 2.67 bits per heavy atom. The maximum absolute atomic E-state index is 6.32. The minimum absolute atomic E-state index is 0.144. The number of halogens is 2. The zero-order valence-electron chi connectivity index (χ0n) is 11.0. The molecule has 0 bridgehead atoms. The van der Waals surface area contributed by atoms with Crippen LogP contribution in [-0.4, -0.2) is 25.2 Å². The van der Waals surface area contributed by atoms with Crippen molar-refractivity contribution in [3.05, 3.63) is 16.1 Å². The first kappa shape index (κ1) is 14.1. The van der Waals surface area contributed by atoms with Gasteiger partial charge < -0.3 is 5.32 Å². The van der Waals surface area contributed by atoms with E-state index in [4.69, 9.17) is 28.2 Å². The monoisotopic (exact) mass is 358 g/mol. The van der Waals surface area contributed by atoms with Crippen LogP contribution < -0.4 is 5.32 Å². The van der Waals surface area contributed by atoms with Crippen LogP contribution in [0.2, 0.25) is 10.0 Å². The number of aromatic nitrogens is 2. The van der Waals surface area contributed by atoms with Gasteiger partial charge in [0.2, 0.25) is 0 Å². The second kappa shape index (κ2) is 5.26. The average Bonchev–Trinajstić information content (AvgIpc) is 3.17. The first-order valence-corrected chi connectivity index (χ1v) is 9.24. The summed E-state index contributed by atoms with van der Waals surface area (Å²) < 4.78 is 8.53. The highest BCUT2D eigenvalue weighted by atomic mass is 35.5. The number of aliphatic imine (C=N–C) groups is 1. The number of nitrogens with zero attached hydrogens (tertiary/aromatic N) is 3. The normalized spacial score (nSPS) is 20.4. The van der Waals surface area contributed by atoms with Crippen molar-refractivity contribution in [3.63, 3.8) is 0 Å². The van der Waals surface area contributed by atoms with E-state index in [1.807, 2.05) is 0 Å². The van der Waals surface area contributed by atoms with Gasteiger partial charge in [0.05, 0.1) is 33.0 Å². The van der Waals surface area contributed by atoms with E-state index in [9.17, 15) is 0 Å². The summed E-state index contributed by atoms with van der Waals surface area (Å²) >= 11 is 15.4. The molecule has 1 N–H and O–H groups in total. The second-order valence-electron chi connectivity index (χ2n) is 5.44. The molecule has 110 valence electrons. The Hall–Kier alpha value is -0.560. The molecule has 1 aliphatic carbocycles. The van der Waals surface area contributed by atoms with E-state index < -0.39 is 0 Å². The Bertz CT molecular complexity index is 737. The fourth-order valence-electron chi connectivity index (χ4n) is 2.94. The fraction of sp³-hybridized carbons (Fsp3) is 0.462. The van der Waals surface area contributed by atoms with Crippen LogP contribution in [0.3, 0.4) is 0 Å². The molecule has 0 radical (unpaired) electrons. The van der Waals surface area contributed by atoms with Crippen molar-refractivity contribution in [2.75, 3.05) is 11.1 Å². The van der Waals surface area contributed by atoms with Gasteiger partial charge in [-0.2, -0.15) is 8.75 Å². The largest absolute Gasteiger partial charge is 0.332 e. The summed E-state index contributed by atoms with van der Waals surface area (Å²) in [5.41, 5.74) is 2.30. The van der Waals surface area contributed by atoms with Gasteiger partial charge in [-0.25, -0.2) is 0 Å². The van der Waals surface area contributed by atoms with Crippen molar-refractivity contribution in [3.8, 4) is 0 Å². The van der Waals surface area contributed by atoms with Crippen LogP contribution in [0.4, 0.5) is 5.69 Å². The van der Waals surface area contributed by atoms with Crippen molar-refractivity contribution in [2.24, 2.45) is 4.99 Å². The highest BCUT2D eigenvalue weighted by Crippen LogP contribution is 2.42. The summed E-state index contributed by atoms with van der Waals surface area (Å²) in [6.07, 6.45) is 4.93. The zero-order chi connectivity index (χ0) is 14.4. The number of hydrogen-bond acceptors (Lipinski definition) is 6. The lowest BCUT2D eigenvalue weighted by Gasteiger charge is -2.16. The molecule has 0 atom stereocenters. The third kappa shape index (κ3) is 2.42. The quantitative estimate of drug-likeness (QED) is 0.793. The Morgan fingerprint density at radius 2 is 1.86 bits per heavy atom. The molecule has 21 heavy (non-hydrogen) atoms. The van der Waals surface area contributed by atoms with Gasteiger partial charge in [0.1, 0.15) is 11.0 Å². The molecule has 2 heterocycles. The zero-order valence-corrected chi connectivity index (χ0v) is 14.2. The van der Waals surface area contributed by atoms with Gasteiger partial charge in [-0.3, -0.25) is 4.99 Å². The summed E-state index contributed by atoms with van der Waals surface area (Å²) in [4.78, 5) is 4.90. The van der Waals surface area contributed by atoms with Crippen LogP contribution in [0.5, 0.6) is 0 Å². The molecule has 0 saturated heterocycles. The van der Waals surface area contributed by atoms with E-state index in [1.54, 1.807) is 17.8 Å². The smallest absolute Gasteiger partial charge is 0.161 e. The summed E-state index contributed by atoms with van der Waals surface area (Å²) in [5.74, 6) is 1.05. The molecule has 2 aliphatic rings. The van der Waals surface area contributed by atoms with Crippen LogP contribution in [0.15, 0.2) is 11.1 Å². The number of hydrogen-bond donors (Lipinski definition) is 1. The van der Waals surface area contributed by atoms with Gasteiger partial charge in [-0.05, 0) is 18.9 Å². The molecule has 2 aromatic rings. The van der Waals surface area contributed by atoms with Gasteiger partial charge in [-0.15, -0.1) is 0 Å². The average molecular weight is 359 g/mol. The summed E-state index contributed by atoms with van der Waals surface area (Å²) in [5, 5.41) is 5.35. The maximum Gasteiger partial charge on any atom is 0.161 e. The van der Waals surface area contributed by atoms with E-state index in [0.717, 1.165) is 28.3 Å². The number of benzene rings is 1. The first-order valence-electron chi connectivity index (χ1n) is 6.77. The highest BCUT2D eigenvalue weighted by Gasteiger charge is 2.38. The number of anilines is 1. The molecule has 0 unspecified atom stereocenters. The van der Waals surface area contributed by atoms with Gasteiger partial charge in [-0.1, -0.05) is 47.8 Å². The molecule has 1 spiro atoms. The molecule has 1 aromatic carbocycles. The van der Waals surface area contributed by atoms with Crippen molar-refractivity contribution in [2.45, 2.75) is 31.2 Å². The van der Waals surface area contributed by atoms with Crippen molar-refractivity contribution >= 4 is 68.6 Å². The SMILES string of the molecule is Clc1cc(Cl)c2nsnc2c1NC1=NC2(CCCC2)CS1. The molecule has 8 heteroatoms. The summed E-state index contributed by atoms with van der Waals surface area (Å²) in [7, 11) is 0. The molecule has 1 aromatic heterocycles. The standard InChI is InChI=1S/C13H12Cl2N4S2/c14-7-5-8(15)10-11(19-21-18-10)9(7)16-12-17-13(6-20-12)3-1-2-4-13/h5H,1-4,6H2,(H,16,17). The molecule has 1 fully saturated rings. The van der Waals surface area contributed by atoms with Crippen LogP contribution in [0.1, 0.15) is 25.7 Å². The topological polar surface area (TPSA) is 50.2 Å². The van der Waals surface area contributed by atoms with Gasteiger partial charge in [0, 0.05) is 5.75 Å². The number of amidine groups is 1. The van der Waals surface area contributed by atoms with Crippen molar-refractivity contribution in [1.29, 1.82) is 0 Å². The molecular formula is C13H12Cl2N4S2. The van der Waals surface area contributed by atoms with E-state index >= 15 is 0 Å². The van der Waals surface area contributed by atoms with E-state index in [0.29, 0.717) is 21.1 Å². The highest BCUT2D eigenvalue weighted by molar-refractivity contribution is 8.14. The Labute approximate surface area is 140 Å². The minimum Gasteiger partial charge on any atom is -0.332 e. The number of rotatable bonds is 1. The third-order valence-electron chi connectivity index (χ3n) is 4.03. The number of fused-ring (bicyclic) bond motifs is 1. The molecular weight excluding hydrogens is 347 g/mol. The van der Waals surface area contributed by atoms with Crippen LogP contribution in [0, 0.1) is 0 Å². The maximum atomic E-state index is 6.32. The fourth-order valence-corrected chi connectivity index (χ4v) is 5.29. The molecule has 0 amide bonds. The van der Waals surface area contributed by atoms with Crippen LogP contribution in [0.25, 0.3) is 11.0 Å². The third-order valence-corrected chi connectivity index (χ3v) is 6.29. The molecule has 4 rings (SSSR count). The summed E-state index contributed by atoms with van der Waals surface area (Å²) in [6.45, 7) is 0. The van der Waals surface area contributed by atoms with Gasteiger partial charge in [0.25, 0.3) is 0 Å². The molecule has 1 saturated carbocycles.